The van der Waals surface area contributed by atoms with E-state index in [1.54, 1.807) is 6.20 Å². The molecule has 0 saturated heterocycles. The summed E-state index contributed by atoms with van der Waals surface area (Å²) in [4.78, 5) is 29.1. The molecule has 0 bridgehead atoms. The van der Waals surface area contributed by atoms with Crippen molar-refractivity contribution in [3.63, 3.8) is 0 Å². The van der Waals surface area contributed by atoms with E-state index in [1.165, 1.54) is 0 Å². The molecule has 118 valence electrons. The lowest BCUT2D eigenvalue weighted by Crippen LogP contribution is -2.50. The van der Waals surface area contributed by atoms with Crippen LogP contribution in [0.15, 0.2) is 6.20 Å². The molecule has 21 heavy (non-hydrogen) atoms. The normalized spacial score (nSPS) is 14.7. The summed E-state index contributed by atoms with van der Waals surface area (Å²) in [6.07, 6.45) is 2.63. The van der Waals surface area contributed by atoms with Crippen molar-refractivity contribution in [2.45, 2.75) is 31.3 Å². The van der Waals surface area contributed by atoms with Crippen LogP contribution in [0.1, 0.15) is 17.9 Å². The first-order valence-corrected chi connectivity index (χ1v) is 6.66. The number of imidazole rings is 1. The highest BCUT2D eigenvalue weighted by Crippen LogP contribution is 2.12. The summed E-state index contributed by atoms with van der Waals surface area (Å²) in [7, 11) is 5.49. The molecule has 1 heterocycles. The van der Waals surface area contributed by atoms with Gasteiger partial charge in [-0.15, -0.1) is 0 Å². The summed E-state index contributed by atoms with van der Waals surface area (Å²) in [5.41, 5.74) is 6.09. The lowest BCUT2D eigenvalue weighted by molar-refractivity contribution is -0.887. The Balaban J connectivity index is 2.62. The van der Waals surface area contributed by atoms with Crippen molar-refractivity contribution in [3.8, 4) is 0 Å². The Kier molecular flexibility index (Phi) is 5.45. The lowest BCUT2D eigenvalue weighted by atomic mass is 10.1. The van der Waals surface area contributed by atoms with E-state index in [-0.39, 0.29) is 6.42 Å². The number of aryl methyl sites for hydroxylation is 1. The van der Waals surface area contributed by atoms with Crippen LogP contribution in [0.25, 0.3) is 0 Å². The standard InChI is InChI=1S/C13H22N4O4/c1-17(2,3)10(13(20)21)4-5-11-15-7-8(16-11)6-9(14)12(18)19/h7,9-10H,4-6,14H2,1-3H3,(H2-,15,16,18,19,20,21)/p+1. The maximum Gasteiger partial charge on any atom is 0.362 e. The zero-order valence-electron chi connectivity index (χ0n) is 12.5. The van der Waals surface area contributed by atoms with Gasteiger partial charge in [0.05, 0.1) is 21.1 Å². The average molecular weight is 299 g/mol. The van der Waals surface area contributed by atoms with E-state index in [2.05, 4.69) is 9.97 Å². The van der Waals surface area contributed by atoms with Gasteiger partial charge >= 0.3 is 11.9 Å². The van der Waals surface area contributed by atoms with Gasteiger partial charge in [0.2, 0.25) is 0 Å². The van der Waals surface area contributed by atoms with Crippen molar-refractivity contribution in [2.75, 3.05) is 21.1 Å². The second-order valence-corrected chi connectivity index (χ2v) is 6.01. The molecule has 0 spiro atoms. The lowest BCUT2D eigenvalue weighted by Gasteiger charge is -2.30. The van der Waals surface area contributed by atoms with E-state index in [4.69, 9.17) is 10.8 Å². The fourth-order valence-corrected chi connectivity index (χ4v) is 2.08. The molecular formula is C13H23N4O4+. The Bertz CT molecular complexity index is 507. The van der Waals surface area contributed by atoms with Crippen molar-refractivity contribution < 1.29 is 24.3 Å². The van der Waals surface area contributed by atoms with E-state index < -0.39 is 24.0 Å². The van der Waals surface area contributed by atoms with E-state index in [9.17, 15) is 14.7 Å². The number of aromatic amines is 1. The quantitative estimate of drug-likeness (QED) is 0.477. The summed E-state index contributed by atoms with van der Waals surface area (Å²) in [6, 6.07) is -1.50. The second kappa shape index (κ2) is 6.68. The zero-order valence-corrected chi connectivity index (χ0v) is 12.5. The summed E-state index contributed by atoms with van der Waals surface area (Å²) < 4.78 is 0.326. The fraction of sp³-hybridized carbons (Fsp3) is 0.615. The predicted octanol–water partition coefficient (Wildman–Crippen LogP) is -0.544. The monoisotopic (exact) mass is 299 g/mol. The molecule has 1 rings (SSSR count). The molecule has 5 N–H and O–H groups in total. The Morgan fingerprint density at radius 1 is 1.33 bits per heavy atom. The topological polar surface area (TPSA) is 129 Å². The number of H-pyrrole nitrogens is 1. The van der Waals surface area contributed by atoms with Crippen LogP contribution in [0.5, 0.6) is 0 Å². The number of hydrogen-bond donors (Lipinski definition) is 4. The molecule has 2 unspecified atom stereocenters. The number of nitrogens with two attached hydrogens (primary N) is 1. The molecule has 0 aliphatic rings. The van der Waals surface area contributed by atoms with Gasteiger partial charge < -0.3 is 25.4 Å². The van der Waals surface area contributed by atoms with Gasteiger partial charge in [-0.2, -0.15) is 0 Å². The number of hydrogen-bond acceptors (Lipinski definition) is 4. The molecule has 0 aromatic carbocycles. The third kappa shape index (κ3) is 5.16. The molecule has 0 amide bonds. The SMILES string of the molecule is C[N+](C)(C)C(CCc1ncc(CC(N)C(=O)O)[nH]1)C(=O)O. The van der Waals surface area contributed by atoms with E-state index in [1.807, 2.05) is 21.1 Å². The number of likely N-dealkylation sites (N-methyl/N-ethyl adjacent to an activating group) is 1. The minimum Gasteiger partial charge on any atom is -0.480 e. The Morgan fingerprint density at radius 2 is 1.95 bits per heavy atom. The van der Waals surface area contributed by atoms with Gasteiger partial charge in [0.1, 0.15) is 11.9 Å². The number of carboxylic acid groups (broad SMARTS) is 2. The minimum absolute atomic E-state index is 0.167. The maximum atomic E-state index is 11.3. The predicted molar refractivity (Wildman–Crippen MR) is 75.7 cm³/mol. The van der Waals surface area contributed by atoms with Gasteiger partial charge in [0, 0.05) is 31.2 Å². The number of rotatable bonds is 8. The highest BCUT2D eigenvalue weighted by molar-refractivity contribution is 5.73. The first-order valence-electron chi connectivity index (χ1n) is 6.66. The van der Waals surface area contributed by atoms with Crippen molar-refractivity contribution in [1.29, 1.82) is 0 Å². The van der Waals surface area contributed by atoms with Crippen LogP contribution in [0.3, 0.4) is 0 Å². The second-order valence-electron chi connectivity index (χ2n) is 6.01. The van der Waals surface area contributed by atoms with Crippen molar-refractivity contribution in [3.05, 3.63) is 17.7 Å². The van der Waals surface area contributed by atoms with E-state index >= 15 is 0 Å². The van der Waals surface area contributed by atoms with Gasteiger partial charge in [0.15, 0.2) is 6.04 Å². The first-order chi connectivity index (χ1) is 9.61. The Hall–Kier alpha value is -1.93. The molecule has 0 fully saturated rings. The molecule has 8 heteroatoms. The maximum absolute atomic E-state index is 11.3. The zero-order chi connectivity index (χ0) is 16.2. The molecule has 8 nitrogen and oxygen atoms in total. The number of quaternary nitrogens is 1. The molecule has 1 aromatic rings. The van der Waals surface area contributed by atoms with Crippen molar-refractivity contribution in [1.82, 2.24) is 9.97 Å². The number of nitrogens with zero attached hydrogens (tertiary/aromatic N) is 2. The van der Waals surface area contributed by atoms with Crippen LogP contribution in [0, 0.1) is 0 Å². The molecule has 0 saturated carbocycles. The fourth-order valence-electron chi connectivity index (χ4n) is 2.08. The number of carbonyl (C=O) groups is 2. The summed E-state index contributed by atoms with van der Waals surface area (Å²) in [5.74, 6) is -1.27. The van der Waals surface area contributed by atoms with E-state index in [0.29, 0.717) is 28.8 Å². The third-order valence-electron chi connectivity index (χ3n) is 3.31. The summed E-state index contributed by atoms with van der Waals surface area (Å²) in [6.45, 7) is 0. The van der Waals surface area contributed by atoms with Crippen molar-refractivity contribution >= 4 is 11.9 Å². The van der Waals surface area contributed by atoms with Crippen LogP contribution >= 0.6 is 0 Å². The van der Waals surface area contributed by atoms with Gasteiger partial charge in [-0.3, -0.25) is 4.79 Å². The van der Waals surface area contributed by atoms with Crippen LogP contribution in [-0.2, 0) is 22.4 Å². The molecule has 1 aromatic heterocycles. The third-order valence-corrected chi connectivity index (χ3v) is 3.31. The van der Waals surface area contributed by atoms with Crippen LogP contribution < -0.4 is 5.73 Å². The number of carboxylic acids is 2. The van der Waals surface area contributed by atoms with Gasteiger partial charge in [-0.25, -0.2) is 9.78 Å². The smallest absolute Gasteiger partial charge is 0.362 e. The van der Waals surface area contributed by atoms with Crippen LogP contribution in [-0.4, -0.2) is 69.8 Å². The molecule has 0 aliphatic heterocycles. The summed E-state index contributed by atoms with van der Waals surface area (Å²) >= 11 is 0. The molecule has 0 radical (unpaired) electrons. The van der Waals surface area contributed by atoms with Gasteiger partial charge in [-0.1, -0.05) is 0 Å². The highest BCUT2D eigenvalue weighted by Gasteiger charge is 2.31. The largest absolute Gasteiger partial charge is 0.480 e. The Morgan fingerprint density at radius 3 is 2.43 bits per heavy atom. The number of aromatic nitrogens is 2. The van der Waals surface area contributed by atoms with Crippen LogP contribution in [0.4, 0.5) is 0 Å². The highest BCUT2D eigenvalue weighted by atomic mass is 16.4. The minimum atomic E-state index is -1.07. The summed E-state index contributed by atoms with van der Waals surface area (Å²) in [5, 5.41) is 18.0. The Labute approximate surface area is 123 Å². The first kappa shape index (κ1) is 17.1. The van der Waals surface area contributed by atoms with Crippen LogP contribution in [0.2, 0.25) is 0 Å². The number of aliphatic carboxylic acids is 2. The van der Waals surface area contributed by atoms with Gasteiger partial charge in [0.25, 0.3) is 0 Å². The van der Waals surface area contributed by atoms with E-state index in [0.717, 1.165) is 0 Å². The molecular weight excluding hydrogens is 276 g/mol. The van der Waals surface area contributed by atoms with Gasteiger partial charge in [-0.05, 0) is 0 Å². The van der Waals surface area contributed by atoms with Crippen molar-refractivity contribution in [2.24, 2.45) is 5.73 Å². The molecule has 0 aliphatic carbocycles. The number of nitrogens with one attached hydrogen (secondary N) is 1. The average Bonchev–Trinajstić information content (AvgIpc) is 2.74. The molecule has 2 atom stereocenters.